The number of ether oxygens (including phenoxy) is 1. The molecule has 0 saturated heterocycles. The van der Waals surface area contributed by atoms with E-state index in [1.807, 2.05) is 18.5 Å². The molecule has 1 aliphatic rings. The lowest BCUT2D eigenvalue weighted by Gasteiger charge is -2.06. The summed E-state index contributed by atoms with van der Waals surface area (Å²) in [5, 5.41) is 9.15. The molecule has 1 saturated carbocycles. The Kier molecular flexibility index (Phi) is 3.75. The summed E-state index contributed by atoms with van der Waals surface area (Å²) in [5.41, 5.74) is 1.92. The number of rotatable bonds is 5. The van der Waals surface area contributed by atoms with Gasteiger partial charge in [0.25, 0.3) is 0 Å². The number of thiazole rings is 1. The molecule has 0 unspecified atom stereocenters. The largest absolute Gasteiger partial charge is 0.464 e. The van der Waals surface area contributed by atoms with Crippen LogP contribution in [0.4, 0.5) is 0 Å². The van der Waals surface area contributed by atoms with E-state index in [1.165, 1.54) is 20.0 Å². The Morgan fingerprint density at radius 1 is 1.43 bits per heavy atom. The SMILES string of the molecule is COC(=O)c1nnn(CCC2CC2)c1-c1sc(C)nc1C. The zero-order valence-corrected chi connectivity index (χ0v) is 13.2. The summed E-state index contributed by atoms with van der Waals surface area (Å²) in [5.74, 6) is 0.348. The van der Waals surface area contributed by atoms with Crippen LogP contribution in [-0.2, 0) is 11.3 Å². The van der Waals surface area contributed by atoms with Crippen LogP contribution in [0.3, 0.4) is 0 Å². The molecular formula is C14H18N4O2S. The lowest BCUT2D eigenvalue weighted by molar-refractivity contribution is 0.0595. The number of hydrogen-bond acceptors (Lipinski definition) is 6. The third kappa shape index (κ3) is 2.83. The van der Waals surface area contributed by atoms with Crippen molar-refractivity contribution in [3.63, 3.8) is 0 Å². The molecule has 2 aromatic heterocycles. The van der Waals surface area contributed by atoms with Gasteiger partial charge in [0.15, 0.2) is 5.69 Å². The highest BCUT2D eigenvalue weighted by Gasteiger charge is 2.27. The van der Waals surface area contributed by atoms with E-state index in [2.05, 4.69) is 15.3 Å². The van der Waals surface area contributed by atoms with Gasteiger partial charge in [-0.1, -0.05) is 18.1 Å². The first-order valence-corrected chi connectivity index (χ1v) is 7.88. The van der Waals surface area contributed by atoms with Gasteiger partial charge in [-0.2, -0.15) is 0 Å². The Labute approximate surface area is 127 Å². The minimum Gasteiger partial charge on any atom is -0.464 e. The smallest absolute Gasteiger partial charge is 0.360 e. The van der Waals surface area contributed by atoms with Crippen LogP contribution < -0.4 is 0 Å². The van der Waals surface area contributed by atoms with E-state index in [9.17, 15) is 4.79 Å². The molecule has 3 rings (SSSR count). The van der Waals surface area contributed by atoms with Crippen LogP contribution in [0.5, 0.6) is 0 Å². The predicted molar refractivity (Wildman–Crippen MR) is 79.3 cm³/mol. The maximum Gasteiger partial charge on any atom is 0.360 e. The van der Waals surface area contributed by atoms with Crippen molar-refractivity contribution in [2.24, 2.45) is 5.92 Å². The maximum absolute atomic E-state index is 11.9. The first-order valence-electron chi connectivity index (χ1n) is 7.06. The molecule has 2 heterocycles. The van der Waals surface area contributed by atoms with Gasteiger partial charge in [-0.15, -0.1) is 16.4 Å². The van der Waals surface area contributed by atoms with Crippen molar-refractivity contribution < 1.29 is 9.53 Å². The highest BCUT2D eigenvalue weighted by Crippen LogP contribution is 2.35. The lowest BCUT2D eigenvalue weighted by Crippen LogP contribution is -2.07. The number of esters is 1. The Morgan fingerprint density at radius 2 is 2.19 bits per heavy atom. The minimum absolute atomic E-state index is 0.278. The summed E-state index contributed by atoms with van der Waals surface area (Å²) < 4.78 is 6.65. The fourth-order valence-corrected chi connectivity index (χ4v) is 3.36. The second-order valence-corrected chi connectivity index (χ2v) is 6.58. The number of methoxy groups -OCH3 is 1. The molecule has 6 nitrogen and oxygen atoms in total. The molecule has 2 aromatic rings. The zero-order valence-electron chi connectivity index (χ0n) is 12.4. The summed E-state index contributed by atoms with van der Waals surface area (Å²) in [6, 6.07) is 0. The Hall–Kier alpha value is -1.76. The average Bonchev–Trinajstić information content (AvgIpc) is 3.11. The fourth-order valence-electron chi connectivity index (χ4n) is 2.39. The Bertz CT molecular complexity index is 673. The van der Waals surface area contributed by atoms with Crippen molar-refractivity contribution in [1.82, 2.24) is 20.0 Å². The predicted octanol–water partition coefficient (Wildman–Crippen LogP) is 2.61. The van der Waals surface area contributed by atoms with Crippen LogP contribution in [0.2, 0.25) is 0 Å². The third-order valence-corrected chi connectivity index (χ3v) is 4.76. The van der Waals surface area contributed by atoms with E-state index in [4.69, 9.17) is 4.74 Å². The van der Waals surface area contributed by atoms with Crippen molar-refractivity contribution in [3.05, 3.63) is 16.4 Å². The fraction of sp³-hybridized carbons (Fsp3) is 0.571. The van der Waals surface area contributed by atoms with E-state index in [0.29, 0.717) is 0 Å². The summed E-state index contributed by atoms with van der Waals surface area (Å²) in [7, 11) is 1.36. The van der Waals surface area contributed by atoms with Crippen LogP contribution >= 0.6 is 11.3 Å². The molecular weight excluding hydrogens is 288 g/mol. The van der Waals surface area contributed by atoms with Gasteiger partial charge in [0, 0.05) is 6.54 Å². The van der Waals surface area contributed by atoms with E-state index < -0.39 is 5.97 Å². The molecule has 7 heteroatoms. The quantitative estimate of drug-likeness (QED) is 0.794. The summed E-state index contributed by atoms with van der Waals surface area (Å²) >= 11 is 1.56. The first kappa shape index (κ1) is 14.2. The van der Waals surface area contributed by atoms with Crippen LogP contribution in [0.25, 0.3) is 10.6 Å². The Morgan fingerprint density at radius 3 is 2.76 bits per heavy atom. The van der Waals surface area contributed by atoms with Crippen molar-refractivity contribution in [2.45, 2.75) is 39.7 Å². The normalized spacial score (nSPS) is 14.4. The molecule has 0 aromatic carbocycles. The highest BCUT2D eigenvalue weighted by molar-refractivity contribution is 7.15. The third-order valence-electron chi connectivity index (χ3n) is 3.68. The molecule has 1 fully saturated rings. The van der Waals surface area contributed by atoms with E-state index in [1.54, 1.807) is 11.3 Å². The molecule has 0 radical (unpaired) electrons. The molecule has 0 spiro atoms. The Balaban J connectivity index is 2.02. The standard InChI is InChI=1S/C14H18N4O2S/c1-8-13(21-9(2)15-8)12-11(14(19)20-3)16-17-18(12)7-6-10-4-5-10/h10H,4-7H2,1-3H3. The molecule has 112 valence electrons. The monoisotopic (exact) mass is 306 g/mol. The van der Waals surface area contributed by atoms with Gasteiger partial charge in [0.05, 0.1) is 22.7 Å². The molecule has 21 heavy (non-hydrogen) atoms. The highest BCUT2D eigenvalue weighted by atomic mass is 32.1. The van der Waals surface area contributed by atoms with Gasteiger partial charge < -0.3 is 4.74 Å². The molecule has 0 amide bonds. The van der Waals surface area contributed by atoms with Gasteiger partial charge in [-0.05, 0) is 26.2 Å². The van der Waals surface area contributed by atoms with Crippen molar-refractivity contribution in [1.29, 1.82) is 0 Å². The van der Waals surface area contributed by atoms with Gasteiger partial charge in [-0.25, -0.2) is 14.5 Å². The van der Waals surface area contributed by atoms with Gasteiger partial charge in [0.2, 0.25) is 0 Å². The van der Waals surface area contributed by atoms with Crippen LogP contribution in [0.1, 0.15) is 40.5 Å². The van der Waals surface area contributed by atoms with Gasteiger partial charge in [-0.3, -0.25) is 0 Å². The maximum atomic E-state index is 11.9. The van der Waals surface area contributed by atoms with Crippen molar-refractivity contribution in [2.75, 3.05) is 7.11 Å². The summed E-state index contributed by atoms with van der Waals surface area (Å²) in [4.78, 5) is 17.3. The number of aromatic nitrogens is 4. The first-order chi connectivity index (χ1) is 10.1. The minimum atomic E-state index is -0.451. The average molecular weight is 306 g/mol. The second-order valence-electron chi connectivity index (χ2n) is 5.38. The zero-order chi connectivity index (χ0) is 15.0. The second kappa shape index (κ2) is 5.55. The molecule has 0 atom stereocenters. The van der Waals surface area contributed by atoms with Gasteiger partial charge in [0.1, 0.15) is 5.69 Å². The topological polar surface area (TPSA) is 69.9 Å². The molecule has 0 bridgehead atoms. The number of carbonyl (C=O) groups excluding carboxylic acids is 1. The van der Waals surface area contributed by atoms with E-state index in [0.717, 1.165) is 40.2 Å². The lowest BCUT2D eigenvalue weighted by atomic mass is 10.2. The summed E-state index contributed by atoms with van der Waals surface area (Å²) in [6.07, 6.45) is 3.67. The van der Waals surface area contributed by atoms with Crippen LogP contribution in [-0.4, -0.2) is 33.1 Å². The van der Waals surface area contributed by atoms with Crippen LogP contribution in [0, 0.1) is 19.8 Å². The number of carbonyl (C=O) groups is 1. The van der Waals surface area contributed by atoms with E-state index >= 15 is 0 Å². The molecule has 0 N–H and O–H groups in total. The van der Waals surface area contributed by atoms with Gasteiger partial charge >= 0.3 is 5.97 Å². The molecule has 1 aliphatic carbocycles. The number of nitrogens with zero attached hydrogens (tertiary/aromatic N) is 4. The summed E-state index contributed by atoms with van der Waals surface area (Å²) in [6.45, 7) is 4.68. The van der Waals surface area contributed by atoms with Crippen molar-refractivity contribution in [3.8, 4) is 10.6 Å². The number of hydrogen-bond donors (Lipinski definition) is 0. The number of aryl methyl sites for hydroxylation is 3. The van der Waals surface area contributed by atoms with Crippen molar-refractivity contribution >= 4 is 17.3 Å². The van der Waals surface area contributed by atoms with Crippen LogP contribution in [0.15, 0.2) is 0 Å². The van der Waals surface area contributed by atoms with E-state index in [-0.39, 0.29) is 5.69 Å². The molecule has 0 aliphatic heterocycles.